The molecule has 1 aromatic heterocycles. The van der Waals surface area contributed by atoms with Crippen molar-refractivity contribution in [2.24, 2.45) is 0 Å². The van der Waals surface area contributed by atoms with Crippen LogP contribution >= 0.6 is 23.1 Å². The lowest BCUT2D eigenvalue weighted by molar-refractivity contribution is 0.0928. The molecule has 3 rings (SSSR count). The quantitative estimate of drug-likeness (QED) is 0.910. The maximum Gasteiger partial charge on any atom is 0.251 e. The lowest BCUT2D eigenvalue weighted by Gasteiger charge is -2.28. The van der Waals surface area contributed by atoms with Gasteiger partial charge in [-0.25, -0.2) is 4.98 Å². The number of benzene rings is 1. The topological polar surface area (TPSA) is 68.0 Å². The Hall–Kier alpha value is -1.27. The number of carbonyl (C=O) groups excluding carboxylic acids is 1. The maximum atomic E-state index is 12.4. The van der Waals surface area contributed by atoms with E-state index < -0.39 is 0 Å². The maximum absolute atomic E-state index is 12.4. The third-order valence-corrected chi connectivity index (χ3v) is 6.00. The zero-order valence-electron chi connectivity index (χ0n) is 12.0. The summed E-state index contributed by atoms with van der Waals surface area (Å²) in [4.78, 5) is 16.6. The molecule has 6 heteroatoms. The number of rotatable bonds is 3. The van der Waals surface area contributed by atoms with Gasteiger partial charge in [0.25, 0.3) is 5.91 Å². The standard InChI is InChI=1S/C15H19N3OS2/c1-20-11-5-3-10(4-6-11)17-14(19)9-2-7-12-13(8-9)21-15(16)18-12/h2,7-8,10-11H,3-6H2,1H3,(H2,16,18)(H,17,19). The molecule has 2 aromatic rings. The zero-order chi connectivity index (χ0) is 14.8. The first kappa shape index (κ1) is 14.7. The number of nitrogens with one attached hydrogen (secondary N) is 1. The van der Waals surface area contributed by atoms with Gasteiger partial charge >= 0.3 is 0 Å². The van der Waals surface area contributed by atoms with Crippen molar-refractivity contribution in [1.82, 2.24) is 10.3 Å². The molecule has 0 atom stereocenters. The fraction of sp³-hybridized carbons (Fsp3) is 0.467. The first-order valence-electron chi connectivity index (χ1n) is 7.15. The van der Waals surface area contributed by atoms with Gasteiger partial charge in [0.05, 0.1) is 10.2 Å². The van der Waals surface area contributed by atoms with Gasteiger partial charge in [0.2, 0.25) is 0 Å². The van der Waals surface area contributed by atoms with Gasteiger partial charge in [-0.1, -0.05) is 11.3 Å². The SMILES string of the molecule is CSC1CCC(NC(=O)c2ccc3nc(N)sc3c2)CC1. The molecular formula is C15H19N3OS2. The number of thiazole rings is 1. The summed E-state index contributed by atoms with van der Waals surface area (Å²) in [6.45, 7) is 0. The van der Waals surface area contributed by atoms with E-state index in [4.69, 9.17) is 5.73 Å². The molecule has 1 aliphatic carbocycles. The highest BCUT2D eigenvalue weighted by Gasteiger charge is 2.22. The number of hydrogen-bond donors (Lipinski definition) is 2. The third-order valence-electron chi connectivity index (χ3n) is 4.01. The Morgan fingerprint density at radius 1 is 1.38 bits per heavy atom. The number of thioether (sulfide) groups is 1. The molecule has 0 radical (unpaired) electrons. The van der Waals surface area contributed by atoms with Crippen molar-refractivity contribution in [2.45, 2.75) is 37.0 Å². The monoisotopic (exact) mass is 321 g/mol. The van der Waals surface area contributed by atoms with Gasteiger partial charge in [0.1, 0.15) is 0 Å². The molecule has 0 saturated heterocycles. The summed E-state index contributed by atoms with van der Waals surface area (Å²) in [6, 6.07) is 5.88. The number of amides is 1. The first-order valence-corrected chi connectivity index (χ1v) is 9.26. The van der Waals surface area contributed by atoms with E-state index in [0.29, 0.717) is 16.7 Å². The fourth-order valence-electron chi connectivity index (χ4n) is 2.80. The first-order chi connectivity index (χ1) is 10.2. The molecule has 1 aliphatic rings. The molecular weight excluding hydrogens is 302 g/mol. The molecule has 0 aliphatic heterocycles. The lowest BCUT2D eigenvalue weighted by Crippen LogP contribution is -2.38. The summed E-state index contributed by atoms with van der Waals surface area (Å²) in [7, 11) is 0. The van der Waals surface area contributed by atoms with E-state index in [0.717, 1.165) is 28.3 Å². The average molecular weight is 321 g/mol. The van der Waals surface area contributed by atoms with Crippen LogP contribution in [0.4, 0.5) is 5.13 Å². The van der Waals surface area contributed by atoms with Crippen LogP contribution in [0.5, 0.6) is 0 Å². The fourth-order valence-corrected chi connectivity index (χ4v) is 4.31. The molecule has 112 valence electrons. The molecule has 0 bridgehead atoms. The van der Waals surface area contributed by atoms with Crippen LogP contribution in [0.2, 0.25) is 0 Å². The Bertz CT molecular complexity index is 647. The lowest BCUT2D eigenvalue weighted by atomic mass is 9.94. The molecule has 0 spiro atoms. The molecule has 1 amide bonds. The van der Waals surface area contributed by atoms with Crippen LogP contribution < -0.4 is 11.1 Å². The van der Waals surface area contributed by atoms with Crippen molar-refractivity contribution in [1.29, 1.82) is 0 Å². The highest BCUT2D eigenvalue weighted by molar-refractivity contribution is 7.99. The smallest absolute Gasteiger partial charge is 0.251 e. The van der Waals surface area contributed by atoms with Crippen molar-refractivity contribution in [3.05, 3.63) is 23.8 Å². The number of nitrogens with zero attached hydrogens (tertiary/aromatic N) is 1. The van der Waals surface area contributed by atoms with Crippen LogP contribution in [0.3, 0.4) is 0 Å². The molecule has 0 unspecified atom stereocenters. The van der Waals surface area contributed by atoms with E-state index in [-0.39, 0.29) is 5.91 Å². The Morgan fingerprint density at radius 2 is 2.14 bits per heavy atom. The van der Waals surface area contributed by atoms with Gasteiger partial charge in [-0.05, 0) is 50.1 Å². The second-order valence-electron chi connectivity index (χ2n) is 5.42. The Balaban J connectivity index is 1.66. The van der Waals surface area contributed by atoms with Crippen LogP contribution in [0.25, 0.3) is 10.2 Å². The third kappa shape index (κ3) is 3.32. The number of nitrogens with two attached hydrogens (primary N) is 1. The number of fused-ring (bicyclic) bond motifs is 1. The van der Waals surface area contributed by atoms with E-state index in [9.17, 15) is 4.79 Å². The highest BCUT2D eigenvalue weighted by Crippen LogP contribution is 2.28. The minimum Gasteiger partial charge on any atom is -0.375 e. The number of anilines is 1. The van der Waals surface area contributed by atoms with Gasteiger partial charge in [0.15, 0.2) is 5.13 Å². The van der Waals surface area contributed by atoms with Crippen LogP contribution in [0.1, 0.15) is 36.0 Å². The van der Waals surface area contributed by atoms with Gasteiger partial charge in [-0.3, -0.25) is 4.79 Å². The molecule has 1 fully saturated rings. The number of hydrogen-bond acceptors (Lipinski definition) is 5. The molecule has 1 aromatic carbocycles. The van der Waals surface area contributed by atoms with Gasteiger partial charge < -0.3 is 11.1 Å². The second kappa shape index (κ2) is 6.23. The van der Waals surface area contributed by atoms with E-state index in [2.05, 4.69) is 16.6 Å². The number of nitrogen functional groups attached to an aromatic ring is 1. The number of aromatic nitrogens is 1. The minimum absolute atomic E-state index is 0.0106. The summed E-state index contributed by atoms with van der Waals surface area (Å²) in [5.41, 5.74) is 7.25. The Labute approximate surface area is 132 Å². The van der Waals surface area contributed by atoms with Gasteiger partial charge in [0, 0.05) is 16.9 Å². The molecule has 1 saturated carbocycles. The summed E-state index contributed by atoms with van der Waals surface area (Å²) < 4.78 is 0.964. The predicted octanol–water partition coefficient (Wildman–Crippen LogP) is 3.28. The van der Waals surface area contributed by atoms with Crippen LogP contribution in [0.15, 0.2) is 18.2 Å². The van der Waals surface area contributed by atoms with E-state index >= 15 is 0 Å². The van der Waals surface area contributed by atoms with Gasteiger partial charge in [-0.2, -0.15) is 11.8 Å². The van der Waals surface area contributed by atoms with E-state index in [1.54, 1.807) is 0 Å². The summed E-state index contributed by atoms with van der Waals surface area (Å²) >= 11 is 3.35. The largest absolute Gasteiger partial charge is 0.375 e. The van der Waals surface area contributed by atoms with Crippen molar-refractivity contribution >= 4 is 44.4 Å². The summed E-state index contributed by atoms with van der Waals surface area (Å²) in [5, 5.41) is 4.45. The van der Waals surface area contributed by atoms with E-state index in [1.165, 1.54) is 24.2 Å². The zero-order valence-corrected chi connectivity index (χ0v) is 13.6. The molecule has 21 heavy (non-hydrogen) atoms. The summed E-state index contributed by atoms with van der Waals surface area (Å²) in [5.74, 6) is 0.0106. The predicted molar refractivity (Wildman–Crippen MR) is 91.1 cm³/mol. The highest BCUT2D eigenvalue weighted by atomic mass is 32.2. The van der Waals surface area contributed by atoms with Crippen molar-refractivity contribution in [3.8, 4) is 0 Å². The van der Waals surface area contributed by atoms with E-state index in [1.807, 2.05) is 30.0 Å². The van der Waals surface area contributed by atoms with Crippen LogP contribution in [-0.2, 0) is 0 Å². The number of carbonyl (C=O) groups is 1. The van der Waals surface area contributed by atoms with Crippen LogP contribution in [0, 0.1) is 0 Å². The van der Waals surface area contributed by atoms with Crippen molar-refractivity contribution in [3.63, 3.8) is 0 Å². The molecule has 1 heterocycles. The summed E-state index contributed by atoms with van der Waals surface area (Å²) in [6.07, 6.45) is 6.70. The average Bonchev–Trinajstić information content (AvgIpc) is 2.87. The van der Waals surface area contributed by atoms with Crippen LogP contribution in [-0.4, -0.2) is 28.4 Å². The Morgan fingerprint density at radius 3 is 2.86 bits per heavy atom. The van der Waals surface area contributed by atoms with Crippen molar-refractivity contribution < 1.29 is 4.79 Å². The minimum atomic E-state index is 0.0106. The van der Waals surface area contributed by atoms with Crippen molar-refractivity contribution in [2.75, 3.05) is 12.0 Å². The molecule has 3 N–H and O–H groups in total. The second-order valence-corrected chi connectivity index (χ2v) is 7.62. The molecule has 4 nitrogen and oxygen atoms in total. The van der Waals surface area contributed by atoms with Gasteiger partial charge in [-0.15, -0.1) is 0 Å². The Kier molecular flexibility index (Phi) is 4.35. The normalized spacial score (nSPS) is 22.3.